The van der Waals surface area contributed by atoms with Gasteiger partial charge < -0.3 is 19.1 Å². The Labute approximate surface area is 282 Å². The van der Waals surface area contributed by atoms with Gasteiger partial charge in [-0.25, -0.2) is 4.98 Å². The first-order valence-corrected chi connectivity index (χ1v) is 14.9. The van der Waals surface area contributed by atoms with Crippen molar-refractivity contribution in [2.24, 2.45) is 0 Å². The molecule has 5 heterocycles. The Kier molecular flexibility index (Phi) is 7.58. The minimum Gasteiger partial charge on any atom is -0.503 e. The fourth-order valence-electron chi connectivity index (χ4n) is 5.85. The number of hydrogen-bond acceptors (Lipinski definition) is 6. The van der Waals surface area contributed by atoms with Crippen LogP contribution in [-0.2, 0) is 26.5 Å². The maximum atomic E-state index is 6.33. The third-order valence-corrected chi connectivity index (χ3v) is 8.10. The molecule has 0 atom stereocenters. The van der Waals surface area contributed by atoms with Crippen LogP contribution in [0.25, 0.3) is 27.6 Å². The first kappa shape index (κ1) is 29.7. The van der Waals surface area contributed by atoms with Crippen molar-refractivity contribution in [1.29, 1.82) is 0 Å². The summed E-state index contributed by atoms with van der Waals surface area (Å²) in [5.74, 6) is 1.74. The van der Waals surface area contributed by atoms with E-state index in [1.54, 1.807) is 18.6 Å². The standard InChI is InChI=1S/C38H29N6O.Pt/c1-38(2,3)26-14-20-40-36(22-26)44-32-9-5-4-8-30(32)31-13-12-29(24-35(31)44)45-37-23-28(17-21-41-37)43-25-42(27-15-18-39-19-16-27)33-10-6-7-11-34(33)43;/h4-22,25H,1-3H3;/q-3;. The Hall–Kier alpha value is -5.00. The zero-order valence-corrected chi connectivity index (χ0v) is 27.7. The van der Waals surface area contributed by atoms with Crippen molar-refractivity contribution in [3.05, 3.63) is 140 Å². The molecule has 7 nitrogen and oxygen atoms in total. The zero-order chi connectivity index (χ0) is 30.5. The second-order valence-corrected chi connectivity index (χ2v) is 12.0. The van der Waals surface area contributed by atoms with Gasteiger partial charge in [0.05, 0.1) is 0 Å². The number of aromatic nitrogens is 4. The Morgan fingerprint density at radius 3 is 2.26 bits per heavy atom. The largest absolute Gasteiger partial charge is 0.503 e. The van der Waals surface area contributed by atoms with E-state index in [9.17, 15) is 0 Å². The molecule has 0 saturated carbocycles. The molecule has 0 fully saturated rings. The molecule has 230 valence electrons. The van der Waals surface area contributed by atoms with Crippen molar-refractivity contribution in [2.45, 2.75) is 26.2 Å². The SMILES string of the molecule is CC(C)(C)c1ccnc(-n2c3[c-]c(Oc4[c-]c(N5[CH-]N(c6ccncc6)c6ccccc65)ccn4)ccc3c3ccccc32)c1.[Pt]. The van der Waals surface area contributed by atoms with Crippen LogP contribution in [-0.4, -0.2) is 19.5 Å². The van der Waals surface area contributed by atoms with E-state index in [4.69, 9.17) is 9.72 Å². The molecule has 0 amide bonds. The number of nitrogens with zero attached hydrogens (tertiary/aromatic N) is 6. The molecule has 3 aromatic carbocycles. The molecule has 0 bridgehead atoms. The number of para-hydroxylation sites is 3. The fraction of sp³-hybridized carbons (Fsp3) is 0.105. The molecule has 0 N–H and O–H groups in total. The first-order valence-electron chi connectivity index (χ1n) is 14.9. The molecular formula is C38H29N6OPt-3. The average Bonchev–Trinajstić information content (AvgIpc) is 3.61. The third-order valence-electron chi connectivity index (χ3n) is 8.10. The van der Waals surface area contributed by atoms with Crippen molar-refractivity contribution in [1.82, 2.24) is 19.5 Å². The van der Waals surface area contributed by atoms with Crippen LogP contribution in [0.3, 0.4) is 0 Å². The summed E-state index contributed by atoms with van der Waals surface area (Å²) >= 11 is 0. The molecule has 8 heteroatoms. The second-order valence-electron chi connectivity index (χ2n) is 12.0. The van der Waals surface area contributed by atoms with Gasteiger partial charge in [-0.3, -0.25) is 9.97 Å². The third kappa shape index (κ3) is 5.21. The Bertz CT molecular complexity index is 2190. The van der Waals surface area contributed by atoms with E-state index >= 15 is 0 Å². The second kappa shape index (κ2) is 11.7. The fourth-order valence-corrected chi connectivity index (χ4v) is 5.85. The van der Waals surface area contributed by atoms with Gasteiger partial charge in [0.1, 0.15) is 11.7 Å². The van der Waals surface area contributed by atoms with Gasteiger partial charge in [-0.05, 0) is 65.0 Å². The number of hydrogen-bond donors (Lipinski definition) is 0. The van der Waals surface area contributed by atoms with E-state index in [1.165, 1.54) is 5.56 Å². The molecule has 46 heavy (non-hydrogen) atoms. The summed E-state index contributed by atoms with van der Waals surface area (Å²) in [6, 6.07) is 37.7. The van der Waals surface area contributed by atoms with Gasteiger partial charge in [0, 0.05) is 68.0 Å². The predicted molar refractivity (Wildman–Crippen MR) is 179 cm³/mol. The van der Waals surface area contributed by atoms with Gasteiger partial charge >= 0.3 is 0 Å². The zero-order valence-electron chi connectivity index (χ0n) is 25.5. The minimum atomic E-state index is -0.0103. The summed E-state index contributed by atoms with van der Waals surface area (Å²) in [7, 11) is 0. The molecule has 0 spiro atoms. The van der Waals surface area contributed by atoms with Crippen molar-refractivity contribution in [3.8, 4) is 17.4 Å². The van der Waals surface area contributed by atoms with Gasteiger partial charge in [0.15, 0.2) is 0 Å². The smallest absolute Gasteiger partial charge is 0.135 e. The van der Waals surface area contributed by atoms with Crippen molar-refractivity contribution < 1.29 is 25.8 Å². The summed E-state index contributed by atoms with van der Waals surface area (Å²) in [6.07, 6.45) is 7.21. The Morgan fingerprint density at radius 2 is 1.46 bits per heavy atom. The van der Waals surface area contributed by atoms with Gasteiger partial charge in [0.25, 0.3) is 0 Å². The van der Waals surface area contributed by atoms with Crippen LogP contribution in [0.15, 0.2) is 116 Å². The summed E-state index contributed by atoms with van der Waals surface area (Å²) in [5.41, 5.74) is 7.07. The quantitative estimate of drug-likeness (QED) is 0.163. The van der Waals surface area contributed by atoms with Crippen LogP contribution in [0.1, 0.15) is 26.3 Å². The van der Waals surface area contributed by atoms with E-state index in [0.29, 0.717) is 11.6 Å². The van der Waals surface area contributed by atoms with Crippen molar-refractivity contribution in [2.75, 3.05) is 9.80 Å². The molecule has 8 rings (SSSR count). The topological polar surface area (TPSA) is 59.3 Å². The van der Waals surface area contributed by atoms with Crippen LogP contribution in [0.5, 0.6) is 11.6 Å². The van der Waals surface area contributed by atoms with Crippen molar-refractivity contribution in [3.63, 3.8) is 0 Å². The van der Waals surface area contributed by atoms with E-state index < -0.39 is 0 Å². The Balaban J connectivity index is 0.00000338. The van der Waals surface area contributed by atoms with Gasteiger partial charge in [-0.1, -0.05) is 56.6 Å². The molecule has 1 aliphatic rings. The van der Waals surface area contributed by atoms with Crippen LogP contribution in [0.2, 0.25) is 0 Å². The van der Waals surface area contributed by atoms with E-state index in [-0.39, 0.29) is 26.5 Å². The molecule has 0 saturated heterocycles. The molecule has 0 aliphatic carbocycles. The number of rotatable bonds is 5. The summed E-state index contributed by atoms with van der Waals surface area (Å²) in [5, 5.41) is 2.21. The average molecular weight is 781 g/mol. The van der Waals surface area contributed by atoms with E-state index in [2.05, 4.69) is 112 Å². The maximum Gasteiger partial charge on any atom is 0.135 e. The molecular weight excluding hydrogens is 752 g/mol. The van der Waals surface area contributed by atoms with Crippen LogP contribution >= 0.6 is 0 Å². The summed E-state index contributed by atoms with van der Waals surface area (Å²) in [6.45, 7) is 8.68. The van der Waals surface area contributed by atoms with Crippen molar-refractivity contribution >= 4 is 44.6 Å². The number of ether oxygens (including phenoxy) is 1. The normalized spacial score (nSPS) is 12.8. The minimum absolute atomic E-state index is 0. The number of benzene rings is 3. The maximum absolute atomic E-state index is 6.33. The van der Waals surface area contributed by atoms with Gasteiger partial charge in [-0.2, -0.15) is 23.9 Å². The number of anilines is 4. The molecule has 1 aliphatic heterocycles. The summed E-state index contributed by atoms with van der Waals surface area (Å²) < 4.78 is 8.49. The number of pyridine rings is 3. The van der Waals surface area contributed by atoms with Crippen LogP contribution in [0.4, 0.5) is 22.7 Å². The number of fused-ring (bicyclic) bond motifs is 4. The van der Waals surface area contributed by atoms with E-state index in [0.717, 1.165) is 50.4 Å². The summed E-state index contributed by atoms with van der Waals surface area (Å²) in [4.78, 5) is 17.7. The van der Waals surface area contributed by atoms with Crippen LogP contribution < -0.4 is 14.5 Å². The van der Waals surface area contributed by atoms with Gasteiger partial charge in [-0.15, -0.1) is 24.2 Å². The molecule has 0 radical (unpaired) electrons. The monoisotopic (exact) mass is 780 g/mol. The Morgan fingerprint density at radius 1 is 0.717 bits per heavy atom. The van der Waals surface area contributed by atoms with Crippen LogP contribution in [0, 0.1) is 18.8 Å². The van der Waals surface area contributed by atoms with Gasteiger partial charge in [0.2, 0.25) is 0 Å². The first-order chi connectivity index (χ1) is 21.9. The van der Waals surface area contributed by atoms with E-state index in [1.807, 2.05) is 49.3 Å². The molecule has 4 aromatic heterocycles. The molecule has 7 aromatic rings. The predicted octanol–water partition coefficient (Wildman–Crippen LogP) is 9.07. The molecule has 0 unspecified atom stereocenters.